The van der Waals surface area contributed by atoms with Gasteiger partial charge in [-0.3, -0.25) is 4.79 Å². The van der Waals surface area contributed by atoms with Gasteiger partial charge in [0.1, 0.15) is 0 Å². The average molecular weight is 376 g/mol. The summed E-state index contributed by atoms with van der Waals surface area (Å²) in [6.07, 6.45) is -0.592. The molecule has 0 saturated carbocycles. The number of ether oxygens (including phenoxy) is 3. The Kier molecular flexibility index (Phi) is 3.86. The number of aryl methyl sites for hydroxylation is 1. The maximum atomic E-state index is 12.9. The summed E-state index contributed by atoms with van der Waals surface area (Å²) in [5.41, 5.74) is 3.94. The van der Waals surface area contributed by atoms with Gasteiger partial charge >= 0.3 is 0 Å². The predicted molar refractivity (Wildman–Crippen MR) is 103 cm³/mol. The zero-order valence-corrected chi connectivity index (χ0v) is 15.8. The zero-order chi connectivity index (χ0) is 19.3. The summed E-state index contributed by atoms with van der Waals surface area (Å²) in [6.45, 7) is 4.97. The van der Waals surface area contributed by atoms with Crippen LogP contribution in [0.1, 0.15) is 23.6 Å². The Hall–Kier alpha value is -3.28. The molecule has 3 heterocycles. The molecule has 1 atom stereocenters. The second-order valence-electron chi connectivity index (χ2n) is 7.29. The molecule has 0 N–H and O–H groups in total. The first kappa shape index (κ1) is 16.9. The highest BCUT2D eigenvalue weighted by atomic mass is 16.7. The van der Waals surface area contributed by atoms with Crippen molar-refractivity contribution in [3.63, 3.8) is 0 Å². The van der Waals surface area contributed by atoms with Crippen LogP contribution in [-0.2, 0) is 17.9 Å². The van der Waals surface area contributed by atoms with Gasteiger partial charge in [0.2, 0.25) is 12.7 Å². The maximum Gasteiger partial charge on any atom is 0.264 e. The third-order valence-electron chi connectivity index (χ3n) is 5.13. The first-order chi connectivity index (χ1) is 13.6. The van der Waals surface area contributed by atoms with Crippen LogP contribution >= 0.6 is 0 Å². The van der Waals surface area contributed by atoms with E-state index in [1.807, 2.05) is 30.3 Å². The van der Waals surface area contributed by atoms with Crippen molar-refractivity contribution in [2.24, 2.45) is 0 Å². The van der Waals surface area contributed by atoms with Gasteiger partial charge in [-0.25, -0.2) is 4.98 Å². The van der Waals surface area contributed by atoms with Gasteiger partial charge in [-0.2, -0.15) is 0 Å². The quantitative estimate of drug-likeness (QED) is 0.684. The van der Waals surface area contributed by atoms with E-state index in [2.05, 4.69) is 24.0 Å². The summed E-state index contributed by atoms with van der Waals surface area (Å²) in [5.74, 6) is 1.92. The van der Waals surface area contributed by atoms with Gasteiger partial charge in [-0.1, -0.05) is 17.7 Å². The molecular weight excluding hydrogens is 356 g/mol. The highest BCUT2D eigenvalue weighted by Gasteiger charge is 2.29. The molecule has 5 rings (SSSR count). The van der Waals surface area contributed by atoms with E-state index in [-0.39, 0.29) is 12.7 Å². The standard InChI is InChI=1S/C22H20N2O4/c1-13-3-5-18-16(7-13)9-17-11-24(22(25)14(2)28-21(17)23-18)10-15-4-6-19-20(8-15)27-12-26-19/h3-9,14H,10-12H2,1-2H3. The van der Waals surface area contributed by atoms with E-state index in [1.54, 1.807) is 11.8 Å². The Morgan fingerprint density at radius 1 is 1.11 bits per heavy atom. The first-order valence-electron chi connectivity index (χ1n) is 9.31. The molecule has 3 aromatic rings. The molecule has 2 aliphatic heterocycles. The fraction of sp³-hybridized carbons (Fsp3) is 0.273. The van der Waals surface area contributed by atoms with Crippen LogP contribution in [0.3, 0.4) is 0 Å². The SMILES string of the molecule is Cc1ccc2nc3c(cc2c1)CN(Cc1ccc2c(c1)OCO2)C(=O)C(C)O3. The summed E-state index contributed by atoms with van der Waals surface area (Å²) >= 11 is 0. The number of benzene rings is 2. The number of rotatable bonds is 2. The number of aromatic nitrogens is 1. The lowest BCUT2D eigenvalue weighted by Crippen LogP contribution is -2.37. The second-order valence-corrected chi connectivity index (χ2v) is 7.29. The maximum absolute atomic E-state index is 12.9. The zero-order valence-electron chi connectivity index (χ0n) is 15.8. The topological polar surface area (TPSA) is 60.9 Å². The minimum absolute atomic E-state index is 0.0593. The number of nitrogens with zero attached hydrogens (tertiary/aromatic N) is 2. The summed E-state index contributed by atoms with van der Waals surface area (Å²) in [6, 6.07) is 13.9. The number of carbonyl (C=O) groups excluding carboxylic acids is 1. The molecule has 0 aliphatic carbocycles. The third kappa shape index (κ3) is 2.91. The van der Waals surface area contributed by atoms with Crippen LogP contribution in [0, 0.1) is 6.92 Å². The molecule has 2 aliphatic rings. The Labute approximate surface area is 162 Å². The summed E-state index contributed by atoms with van der Waals surface area (Å²) in [4.78, 5) is 19.4. The largest absolute Gasteiger partial charge is 0.464 e. The predicted octanol–water partition coefficient (Wildman–Crippen LogP) is 3.58. The average Bonchev–Trinajstić information content (AvgIpc) is 3.11. The highest BCUT2D eigenvalue weighted by molar-refractivity contribution is 5.84. The van der Waals surface area contributed by atoms with Gasteiger partial charge in [0, 0.05) is 17.5 Å². The molecule has 1 amide bonds. The van der Waals surface area contributed by atoms with Crippen molar-refractivity contribution in [3.05, 3.63) is 59.2 Å². The van der Waals surface area contributed by atoms with Crippen molar-refractivity contribution in [1.82, 2.24) is 9.88 Å². The lowest BCUT2D eigenvalue weighted by atomic mass is 10.1. The molecule has 1 unspecified atom stereocenters. The Balaban J connectivity index is 1.50. The Bertz CT molecular complexity index is 1100. The monoisotopic (exact) mass is 376 g/mol. The van der Waals surface area contributed by atoms with Gasteiger partial charge in [0.05, 0.1) is 12.1 Å². The van der Waals surface area contributed by atoms with Crippen molar-refractivity contribution in [2.45, 2.75) is 33.0 Å². The number of amides is 1. The van der Waals surface area contributed by atoms with E-state index < -0.39 is 6.10 Å². The minimum Gasteiger partial charge on any atom is -0.464 e. The van der Waals surface area contributed by atoms with Gasteiger partial charge in [-0.05, 0) is 49.7 Å². The summed E-state index contributed by atoms with van der Waals surface area (Å²) in [7, 11) is 0. The number of fused-ring (bicyclic) bond motifs is 3. The number of carbonyl (C=O) groups is 1. The molecule has 0 radical (unpaired) electrons. The van der Waals surface area contributed by atoms with E-state index in [0.29, 0.717) is 24.7 Å². The Morgan fingerprint density at radius 2 is 1.96 bits per heavy atom. The van der Waals surface area contributed by atoms with E-state index in [9.17, 15) is 4.79 Å². The molecule has 6 nitrogen and oxygen atoms in total. The lowest BCUT2D eigenvalue weighted by Gasteiger charge is -2.22. The van der Waals surface area contributed by atoms with E-state index >= 15 is 0 Å². The number of pyridine rings is 1. The molecule has 1 aromatic heterocycles. The van der Waals surface area contributed by atoms with Crippen molar-refractivity contribution in [3.8, 4) is 17.4 Å². The van der Waals surface area contributed by atoms with Crippen LogP contribution in [0.4, 0.5) is 0 Å². The van der Waals surface area contributed by atoms with Gasteiger partial charge in [0.25, 0.3) is 5.91 Å². The van der Waals surface area contributed by atoms with Crippen molar-refractivity contribution in [1.29, 1.82) is 0 Å². The van der Waals surface area contributed by atoms with Crippen molar-refractivity contribution >= 4 is 16.8 Å². The van der Waals surface area contributed by atoms with Gasteiger partial charge in [-0.15, -0.1) is 0 Å². The first-order valence-corrected chi connectivity index (χ1v) is 9.31. The fourth-order valence-electron chi connectivity index (χ4n) is 3.69. The normalized spacial score (nSPS) is 18.0. The van der Waals surface area contributed by atoms with Crippen LogP contribution in [0.25, 0.3) is 10.9 Å². The van der Waals surface area contributed by atoms with Crippen LogP contribution < -0.4 is 14.2 Å². The van der Waals surface area contributed by atoms with Crippen LogP contribution in [0.15, 0.2) is 42.5 Å². The molecule has 0 bridgehead atoms. The van der Waals surface area contributed by atoms with Crippen molar-refractivity contribution in [2.75, 3.05) is 6.79 Å². The van der Waals surface area contributed by atoms with E-state index in [1.165, 1.54) is 5.56 Å². The molecule has 0 saturated heterocycles. The molecule has 28 heavy (non-hydrogen) atoms. The molecule has 0 spiro atoms. The number of hydrogen-bond acceptors (Lipinski definition) is 5. The third-order valence-corrected chi connectivity index (χ3v) is 5.13. The van der Waals surface area contributed by atoms with Crippen LogP contribution in [-0.4, -0.2) is 28.7 Å². The number of hydrogen-bond donors (Lipinski definition) is 0. The summed E-state index contributed by atoms with van der Waals surface area (Å²) < 4.78 is 16.7. The van der Waals surface area contributed by atoms with E-state index in [4.69, 9.17) is 14.2 Å². The minimum atomic E-state index is -0.592. The van der Waals surface area contributed by atoms with Crippen molar-refractivity contribution < 1.29 is 19.0 Å². The molecular formula is C22H20N2O4. The lowest BCUT2D eigenvalue weighted by molar-refractivity contribution is -0.138. The van der Waals surface area contributed by atoms with Gasteiger partial charge < -0.3 is 19.1 Å². The fourth-order valence-corrected chi connectivity index (χ4v) is 3.69. The molecule has 0 fully saturated rings. The smallest absolute Gasteiger partial charge is 0.264 e. The van der Waals surface area contributed by atoms with E-state index in [0.717, 1.165) is 27.8 Å². The molecule has 2 aromatic carbocycles. The molecule has 142 valence electrons. The van der Waals surface area contributed by atoms with Gasteiger partial charge in [0.15, 0.2) is 17.6 Å². The Morgan fingerprint density at radius 3 is 2.86 bits per heavy atom. The van der Waals surface area contributed by atoms with Crippen LogP contribution in [0.5, 0.6) is 17.4 Å². The second kappa shape index (κ2) is 6.41. The summed E-state index contributed by atoms with van der Waals surface area (Å²) in [5, 5.41) is 1.05. The highest BCUT2D eigenvalue weighted by Crippen LogP contribution is 2.34. The van der Waals surface area contributed by atoms with Crippen LogP contribution in [0.2, 0.25) is 0 Å². The molecule has 6 heteroatoms.